The zero-order chi connectivity index (χ0) is 8.13. The minimum Gasteiger partial charge on any atom is -0.396 e. The molecule has 1 heteroatoms. The summed E-state index contributed by atoms with van der Waals surface area (Å²) in [7, 11) is 0. The Kier molecular flexibility index (Phi) is 1.52. The van der Waals surface area contributed by atoms with E-state index < -0.39 is 0 Å². The number of hydrogen-bond acceptors (Lipinski definition) is 1. The second-order valence-corrected chi connectivity index (χ2v) is 5.08. The van der Waals surface area contributed by atoms with E-state index in [1.807, 2.05) is 0 Å². The summed E-state index contributed by atoms with van der Waals surface area (Å²) in [5.41, 5.74) is 0. The second-order valence-electron chi connectivity index (χ2n) is 5.08. The lowest BCUT2D eigenvalue weighted by Gasteiger charge is -2.19. The van der Waals surface area contributed by atoms with Gasteiger partial charge in [-0.25, -0.2) is 0 Å². The Morgan fingerprint density at radius 1 is 0.917 bits per heavy atom. The van der Waals surface area contributed by atoms with Crippen LogP contribution in [0, 0.1) is 29.6 Å². The second kappa shape index (κ2) is 2.47. The highest BCUT2D eigenvalue weighted by molar-refractivity contribution is 5.02. The lowest BCUT2D eigenvalue weighted by Crippen LogP contribution is -2.09. The van der Waals surface area contributed by atoms with Crippen molar-refractivity contribution in [3.05, 3.63) is 0 Å². The van der Waals surface area contributed by atoms with Crippen LogP contribution in [-0.4, -0.2) is 11.7 Å². The molecule has 0 amide bonds. The normalized spacial score (nSPS) is 51.8. The Morgan fingerprint density at radius 3 is 2.33 bits per heavy atom. The molecule has 12 heavy (non-hydrogen) atoms. The predicted molar refractivity (Wildman–Crippen MR) is 47.6 cm³/mol. The molecule has 0 bridgehead atoms. The molecule has 1 nitrogen and oxygen atoms in total. The van der Waals surface area contributed by atoms with Crippen molar-refractivity contribution in [2.75, 3.05) is 6.61 Å². The first-order valence-corrected chi connectivity index (χ1v) is 5.51. The van der Waals surface area contributed by atoms with Gasteiger partial charge in [-0.1, -0.05) is 0 Å². The van der Waals surface area contributed by atoms with Crippen LogP contribution in [0.25, 0.3) is 0 Å². The fourth-order valence-corrected chi connectivity index (χ4v) is 3.44. The van der Waals surface area contributed by atoms with E-state index in [0.717, 1.165) is 23.7 Å². The summed E-state index contributed by atoms with van der Waals surface area (Å²) in [5, 5.41) is 9.08. The highest BCUT2D eigenvalue weighted by Crippen LogP contribution is 2.59. The minimum absolute atomic E-state index is 0.465. The molecule has 0 aromatic heterocycles. The summed E-state index contributed by atoms with van der Waals surface area (Å²) >= 11 is 0. The van der Waals surface area contributed by atoms with Gasteiger partial charge < -0.3 is 5.11 Å². The van der Waals surface area contributed by atoms with E-state index in [2.05, 4.69) is 0 Å². The van der Waals surface area contributed by atoms with Crippen LogP contribution in [0.4, 0.5) is 0 Å². The van der Waals surface area contributed by atoms with Crippen molar-refractivity contribution in [2.24, 2.45) is 29.6 Å². The van der Waals surface area contributed by atoms with E-state index >= 15 is 0 Å². The summed E-state index contributed by atoms with van der Waals surface area (Å²) in [6, 6.07) is 0. The molecule has 0 aromatic rings. The van der Waals surface area contributed by atoms with Gasteiger partial charge in [-0.05, 0) is 61.7 Å². The molecule has 0 aliphatic heterocycles. The lowest BCUT2D eigenvalue weighted by molar-refractivity contribution is 0.262. The average molecular weight is 166 g/mol. The molecule has 0 spiro atoms. The van der Waals surface area contributed by atoms with Crippen LogP contribution in [-0.2, 0) is 0 Å². The SMILES string of the molecule is OCC1C2CCC(C3CC3)CC12. The first-order chi connectivity index (χ1) is 5.90. The van der Waals surface area contributed by atoms with E-state index in [1.165, 1.54) is 32.1 Å². The van der Waals surface area contributed by atoms with Crippen LogP contribution in [0.15, 0.2) is 0 Å². The van der Waals surface area contributed by atoms with E-state index in [0.29, 0.717) is 12.5 Å². The first kappa shape index (κ1) is 7.37. The Labute approximate surface area is 74.2 Å². The van der Waals surface area contributed by atoms with Gasteiger partial charge in [-0.2, -0.15) is 0 Å². The van der Waals surface area contributed by atoms with Crippen molar-refractivity contribution >= 4 is 0 Å². The molecular weight excluding hydrogens is 148 g/mol. The van der Waals surface area contributed by atoms with Crippen LogP contribution in [0.2, 0.25) is 0 Å². The molecule has 1 N–H and O–H groups in total. The van der Waals surface area contributed by atoms with Crippen LogP contribution in [0.3, 0.4) is 0 Å². The maximum atomic E-state index is 9.08. The Balaban J connectivity index is 1.60. The van der Waals surface area contributed by atoms with Crippen molar-refractivity contribution in [3.63, 3.8) is 0 Å². The van der Waals surface area contributed by atoms with Gasteiger partial charge in [0.1, 0.15) is 0 Å². The largest absolute Gasteiger partial charge is 0.396 e. The van der Waals surface area contributed by atoms with E-state index in [-0.39, 0.29) is 0 Å². The van der Waals surface area contributed by atoms with Crippen molar-refractivity contribution < 1.29 is 5.11 Å². The van der Waals surface area contributed by atoms with Gasteiger partial charge in [0.2, 0.25) is 0 Å². The molecule has 0 heterocycles. The Morgan fingerprint density at radius 2 is 1.67 bits per heavy atom. The van der Waals surface area contributed by atoms with Crippen molar-refractivity contribution in [2.45, 2.75) is 32.1 Å². The summed E-state index contributed by atoms with van der Waals surface area (Å²) in [6.45, 7) is 0.465. The van der Waals surface area contributed by atoms with E-state index in [9.17, 15) is 0 Å². The summed E-state index contributed by atoms with van der Waals surface area (Å²) in [5.74, 6) is 4.75. The molecule has 3 fully saturated rings. The van der Waals surface area contributed by atoms with Gasteiger partial charge in [-0.15, -0.1) is 0 Å². The molecule has 0 saturated heterocycles. The number of aliphatic hydroxyl groups excluding tert-OH is 1. The van der Waals surface area contributed by atoms with Crippen LogP contribution >= 0.6 is 0 Å². The van der Waals surface area contributed by atoms with Crippen LogP contribution in [0.5, 0.6) is 0 Å². The summed E-state index contributed by atoms with van der Waals surface area (Å²) < 4.78 is 0. The zero-order valence-electron chi connectivity index (χ0n) is 7.58. The standard InChI is InChI=1S/C11H18O/c12-6-11-9-4-3-8(5-10(9)11)7-1-2-7/h7-12H,1-6H2. The van der Waals surface area contributed by atoms with Crippen molar-refractivity contribution in [3.8, 4) is 0 Å². The number of aliphatic hydroxyl groups is 1. The average Bonchev–Trinajstić information content (AvgIpc) is 2.99. The molecule has 4 unspecified atom stereocenters. The minimum atomic E-state index is 0.465. The predicted octanol–water partition coefficient (Wildman–Crippen LogP) is 2.05. The third kappa shape index (κ3) is 1.02. The zero-order valence-corrected chi connectivity index (χ0v) is 7.58. The number of rotatable bonds is 2. The molecule has 68 valence electrons. The molecule has 3 saturated carbocycles. The lowest BCUT2D eigenvalue weighted by atomic mass is 9.86. The van der Waals surface area contributed by atoms with Gasteiger partial charge >= 0.3 is 0 Å². The maximum absolute atomic E-state index is 9.08. The van der Waals surface area contributed by atoms with Gasteiger partial charge in [-0.3, -0.25) is 0 Å². The molecular formula is C11H18O. The van der Waals surface area contributed by atoms with Gasteiger partial charge in [0.15, 0.2) is 0 Å². The van der Waals surface area contributed by atoms with Gasteiger partial charge in [0.05, 0.1) is 0 Å². The molecule has 4 atom stereocenters. The van der Waals surface area contributed by atoms with E-state index in [4.69, 9.17) is 5.11 Å². The molecule has 3 rings (SSSR count). The smallest absolute Gasteiger partial charge is 0.0464 e. The number of hydrogen-bond donors (Lipinski definition) is 1. The monoisotopic (exact) mass is 166 g/mol. The number of fused-ring (bicyclic) bond motifs is 1. The van der Waals surface area contributed by atoms with Gasteiger partial charge in [0.25, 0.3) is 0 Å². The van der Waals surface area contributed by atoms with E-state index in [1.54, 1.807) is 0 Å². The third-order valence-corrected chi connectivity index (χ3v) is 4.45. The maximum Gasteiger partial charge on any atom is 0.0464 e. The van der Waals surface area contributed by atoms with Crippen molar-refractivity contribution in [1.82, 2.24) is 0 Å². The van der Waals surface area contributed by atoms with Crippen molar-refractivity contribution in [1.29, 1.82) is 0 Å². The quantitative estimate of drug-likeness (QED) is 0.665. The molecule has 3 aliphatic carbocycles. The first-order valence-electron chi connectivity index (χ1n) is 5.51. The Hall–Kier alpha value is -0.0400. The molecule has 0 radical (unpaired) electrons. The highest BCUT2D eigenvalue weighted by Gasteiger charge is 2.53. The summed E-state index contributed by atoms with van der Waals surface area (Å²) in [6.07, 6.45) is 7.37. The Bertz CT molecular complexity index is 181. The fourth-order valence-electron chi connectivity index (χ4n) is 3.44. The highest BCUT2D eigenvalue weighted by atomic mass is 16.3. The van der Waals surface area contributed by atoms with Gasteiger partial charge in [0, 0.05) is 6.61 Å². The van der Waals surface area contributed by atoms with Crippen LogP contribution in [0.1, 0.15) is 32.1 Å². The molecule has 3 aliphatic rings. The summed E-state index contributed by atoms with van der Waals surface area (Å²) in [4.78, 5) is 0. The van der Waals surface area contributed by atoms with Crippen LogP contribution < -0.4 is 0 Å². The molecule has 0 aromatic carbocycles. The topological polar surface area (TPSA) is 20.2 Å². The third-order valence-electron chi connectivity index (χ3n) is 4.45. The fraction of sp³-hybridized carbons (Fsp3) is 1.00.